The van der Waals surface area contributed by atoms with Crippen LogP contribution in [0.25, 0.3) is 4.85 Å². The molecule has 202 valence electrons. The van der Waals surface area contributed by atoms with E-state index in [9.17, 15) is 18.0 Å². The van der Waals surface area contributed by atoms with Gasteiger partial charge in [-0.2, -0.15) is 26.0 Å². The summed E-state index contributed by atoms with van der Waals surface area (Å²) >= 11 is 0. The van der Waals surface area contributed by atoms with E-state index in [0.717, 1.165) is 25.0 Å². The third-order valence-electron chi connectivity index (χ3n) is 3.68. The van der Waals surface area contributed by atoms with E-state index in [1.165, 1.54) is 6.07 Å². The van der Waals surface area contributed by atoms with Crippen LogP contribution < -0.4 is 4.74 Å². The second kappa shape index (κ2) is 20.7. The van der Waals surface area contributed by atoms with Gasteiger partial charge < -0.3 is 42.0 Å². The molecule has 4 atom stereocenters. The van der Waals surface area contributed by atoms with Crippen LogP contribution in [-0.2, 0) is 41.2 Å². The monoisotopic (exact) mass is 565 g/mol. The molecule has 1 aromatic carbocycles. The molecule has 0 amide bonds. The molecule has 0 N–H and O–H groups in total. The number of carbonyl (C=O) groups excluding carboxylic acids is 1. The van der Waals surface area contributed by atoms with Gasteiger partial charge in [0, 0.05) is 6.42 Å². The van der Waals surface area contributed by atoms with E-state index in [0.29, 0.717) is 12.5 Å². The van der Waals surface area contributed by atoms with Crippen LogP contribution in [-0.4, -0.2) is 44.2 Å². The number of halogens is 3. The quantitative estimate of drug-likeness (QED) is 0.0874. The van der Waals surface area contributed by atoms with E-state index in [1.807, 2.05) is 20.8 Å². The number of nitrogens with zero attached hydrogens (tertiary/aromatic N) is 1. The van der Waals surface area contributed by atoms with Gasteiger partial charge in [0.25, 0.3) is 0 Å². The smallest absolute Gasteiger partial charge is 0.431 e. The maximum Gasteiger partial charge on any atom is 2.00 e. The number of rotatable bonds is 8. The van der Waals surface area contributed by atoms with Crippen molar-refractivity contribution in [2.45, 2.75) is 64.5 Å². The molecule has 1 saturated heterocycles. The zero-order valence-corrected chi connectivity index (χ0v) is 22.0. The normalized spacial score (nSPS) is 18.9. The summed E-state index contributed by atoms with van der Waals surface area (Å²) in [5.74, 6) is -0.275. The van der Waals surface area contributed by atoms with Crippen molar-refractivity contribution >= 4 is 15.2 Å². The molecule has 1 fully saturated rings. The molecule has 7 nitrogen and oxygen atoms in total. The van der Waals surface area contributed by atoms with Gasteiger partial charge in [-0.3, -0.25) is 0 Å². The number of hydrogen-bond donors (Lipinski definition) is 0. The molecule has 1 heterocycles. The van der Waals surface area contributed by atoms with Gasteiger partial charge in [-0.25, -0.2) is 11.4 Å². The molecule has 12 heteroatoms. The fourth-order valence-corrected chi connectivity index (χ4v) is 3.05. The Morgan fingerprint density at radius 2 is 1.91 bits per heavy atom. The van der Waals surface area contributed by atoms with Gasteiger partial charge in [0.05, 0.1) is 17.8 Å². The van der Waals surface area contributed by atoms with Gasteiger partial charge in [0.1, 0.15) is 25.1 Å². The fraction of sp³-hybridized carbons (Fsp3) is 0.565. The third kappa shape index (κ3) is 16.8. The summed E-state index contributed by atoms with van der Waals surface area (Å²) in [5, 5.41) is 0. The summed E-state index contributed by atoms with van der Waals surface area (Å²) in [7, 11) is -0.280. The summed E-state index contributed by atoms with van der Waals surface area (Å²) in [6, 6.07) is 3.93. The summed E-state index contributed by atoms with van der Waals surface area (Å²) < 4.78 is 64.1. The van der Waals surface area contributed by atoms with Gasteiger partial charge in [0.15, 0.2) is 9.03 Å². The first-order valence-electron chi connectivity index (χ1n) is 10.7. The predicted octanol–water partition coefficient (Wildman–Crippen LogP) is 6.69. The van der Waals surface area contributed by atoms with Gasteiger partial charge in [-0.05, 0) is 25.1 Å². The van der Waals surface area contributed by atoms with Crippen LogP contribution in [0.4, 0.5) is 18.0 Å². The van der Waals surface area contributed by atoms with Crippen LogP contribution in [0.2, 0.25) is 0 Å². The molecule has 35 heavy (non-hydrogen) atoms. The molecule has 0 bridgehead atoms. The first-order valence-corrected chi connectivity index (χ1v) is 11.6. The van der Waals surface area contributed by atoms with Crippen LogP contribution in [0, 0.1) is 20.4 Å². The van der Waals surface area contributed by atoms with Crippen LogP contribution >= 0.6 is 9.03 Å². The minimum absolute atomic E-state index is 0. The summed E-state index contributed by atoms with van der Waals surface area (Å²) in [6.07, 6.45) is -4.17. The van der Waals surface area contributed by atoms with Crippen molar-refractivity contribution in [1.82, 2.24) is 0 Å². The van der Waals surface area contributed by atoms with E-state index >= 15 is 0 Å². The predicted molar refractivity (Wildman–Crippen MR) is 124 cm³/mol. The minimum Gasteiger partial charge on any atom is -0.431 e. The molecule has 1 unspecified atom stereocenters. The molecule has 0 aliphatic carbocycles. The molecule has 0 radical (unpaired) electrons. The zero-order valence-electron chi connectivity index (χ0n) is 20.0. The second-order valence-corrected chi connectivity index (χ2v) is 7.57. The average Bonchev–Trinajstić information content (AvgIpc) is 3.12. The minimum atomic E-state index is -4.54. The van der Waals surface area contributed by atoms with Gasteiger partial charge in [0.2, 0.25) is 6.54 Å². The zero-order chi connectivity index (χ0) is 26.0. The SMILES string of the molecule is [C-]#[N+]CCOPO[C@@H]1C[C@H](C)O[C@@H]1COC(=O)Oc1cccc(C(F)(F)F)c1.[CH2-]CC.[CH2-]CC.[Ni+2]. The number of alkyl halides is 3. The van der Waals surface area contributed by atoms with Gasteiger partial charge in [-0.15, -0.1) is 0 Å². The molecule has 1 aliphatic rings. The Morgan fingerprint density at radius 3 is 2.49 bits per heavy atom. The largest absolute Gasteiger partial charge is 2.00 e. The molecule has 1 aromatic rings. The van der Waals surface area contributed by atoms with Crippen LogP contribution in [0.5, 0.6) is 5.75 Å². The Kier molecular flexibility index (Phi) is 21.2. The topological polar surface area (TPSA) is 67.6 Å². The van der Waals surface area contributed by atoms with Crippen molar-refractivity contribution in [3.05, 3.63) is 55.1 Å². The van der Waals surface area contributed by atoms with Gasteiger partial charge >= 0.3 is 28.8 Å². The Labute approximate surface area is 218 Å². The maximum atomic E-state index is 12.7. The van der Waals surface area contributed by atoms with E-state index in [-0.39, 0.29) is 63.2 Å². The van der Waals surface area contributed by atoms with E-state index < -0.39 is 24.0 Å². The Bertz CT molecular complexity index is 734. The van der Waals surface area contributed by atoms with E-state index in [4.69, 9.17) is 29.8 Å². The van der Waals surface area contributed by atoms with Crippen molar-refractivity contribution in [2.24, 2.45) is 0 Å². The molecule has 0 aromatic heterocycles. The van der Waals surface area contributed by atoms with Crippen LogP contribution in [0.3, 0.4) is 0 Å². The Hall–Kier alpha value is -1.43. The molecule has 0 saturated carbocycles. The van der Waals surface area contributed by atoms with Gasteiger partial charge in [-0.1, -0.05) is 19.9 Å². The summed E-state index contributed by atoms with van der Waals surface area (Å²) in [4.78, 5) is 14.9. The van der Waals surface area contributed by atoms with E-state index in [1.54, 1.807) is 0 Å². The van der Waals surface area contributed by atoms with Crippen molar-refractivity contribution in [3.63, 3.8) is 0 Å². The Morgan fingerprint density at radius 1 is 1.29 bits per heavy atom. The molecule has 1 aliphatic heterocycles. The summed E-state index contributed by atoms with van der Waals surface area (Å²) in [6.45, 7) is 19.8. The first-order chi connectivity index (χ1) is 16.1. The fourth-order valence-electron chi connectivity index (χ4n) is 2.43. The number of benzene rings is 1. The third-order valence-corrected chi connectivity index (χ3v) is 4.40. The molecule has 0 spiro atoms. The van der Waals surface area contributed by atoms with Crippen molar-refractivity contribution in [3.8, 4) is 5.75 Å². The van der Waals surface area contributed by atoms with Crippen LogP contribution in [0.15, 0.2) is 24.3 Å². The molecular formula is C23H33F3NNiO6P. The van der Waals surface area contributed by atoms with Crippen molar-refractivity contribution < 1.29 is 57.7 Å². The second-order valence-electron chi connectivity index (χ2n) is 6.88. The van der Waals surface area contributed by atoms with Crippen LogP contribution in [0.1, 0.15) is 45.6 Å². The molecule has 2 rings (SSSR count). The number of ether oxygens (including phenoxy) is 3. The maximum absolute atomic E-state index is 12.7. The van der Waals surface area contributed by atoms with Crippen molar-refractivity contribution in [2.75, 3.05) is 19.8 Å². The van der Waals surface area contributed by atoms with Crippen molar-refractivity contribution in [1.29, 1.82) is 0 Å². The van der Waals surface area contributed by atoms with E-state index in [2.05, 4.69) is 18.7 Å². The first kappa shape index (κ1) is 35.7. The molecular weight excluding hydrogens is 533 g/mol. The average molecular weight is 566 g/mol. The Balaban J connectivity index is 0. The standard InChI is InChI=1S/C17H19F3NO6P.2C3H7.Ni/c1-11-8-14(27-28-24-7-6-21-2)15(25-11)10-23-16(22)26-13-5-3-4-12(9-13)17(18,19)20;2*1-3-2;/h3-5,9,11,14-15,28H,6-8,10H2,1H3;2*1,3H2,2H3;/q;2*-1;+2/t11-,14+,15+;;;/m0.../s1. The summed E-state index contributed by atoms with van der Waals surface area (Å²) in [5.41, 5.74) is -0.932. The number of carbonyl (C=O) groups is 1. The number of hydrogen-bond acceptors (Lipinski definition) is 6.